The minimum Gasteiger partial charge on any atom is -0.344 e. The van der Waals surface area contributed by atoms with Crippen molar-refractivity contribution in [3.63, 3.8) is 0 Å². The third kappa shape index (κ3) is 3.37. The number of hydrogen-bond donors (Lipinski definition) is 2. The zero-order valence-electron chi connectivity index (χ0n) is 10.4. The number of nitro groups is 1. The highest BCUT2D eigenvalue weighted by atomic mass is 16.6. The summed E-state index contributed by atoms with van der Waals surface area (Å²) in [6, 6.07) is 5.19. The van der Waals surface area contributed by atoms with E-state index in [0.29, 0.717) is 18.4 Å². The van der Waals surface area contributed by atoms with E-state index in [4.69, 9.17) is 0 Å². The van der Waals surface area contributed by atoms with Gasteiger partial charge in [0.2, 0.25) is 5.91 Å². The van der Waals surface area contributed by atoms with Crippen molar-refractivity contribution in [1.29, 1.82) is 0 Å². The van der Waals surface area contributed by atoms with Crippen LogP contribution in [-0.2, 0) is 9.59 Å². The lowest BCUT2D eigenvalue weighted by molar-refractivity contribution is -0.384. The molecule has 1 aliphatic heterocycles. The zero-order valence-corrected chi connectivity index (χ0v) is 10.4. The molecule has 0 radical (unpaired) electrons. The maximum atomic E-state index is 11.6. The Labute approximate surface area is 114 Å². The molecule has 1 saturated heterocycles. The summed E-state index contributed by atoms with van der Waals surface area (Å²) in [5, 5.41) is 16.7. The molecule has 0 spiro atoms. The highest BCUT2D eigenvalue weighted by Crippen LogP contribution is 2.10. The van der Waals surface area contributed by atoms with Gasteiger partial charge in [0.1, 0.15) is 6.04 Å². The van der Waals surface area contributed by atoms with E-state index < -0.39 is 11.0 Å². The molecule has 0 aromatic heterocycles. The van der Waals surface area contributed by atoms with E-state index >= 15 is 0 Å². The van der Waals surface area contributed by atoms with Crippen molar-refractivity contribution in [2.45, 2.75) is 18.9 Å². The van der Waals surface area contributed by atoms with Crippen molar-refractivity contribution in [3.05, 3.63) is 39.9 Å². The van der Waals surface area contributed by atoms with Crippen LogP contribution in [-0.4, -0.2) is 29.0 Å². The highest BCUT2D eigenvalue weighted by molar-refractivity contribution is 5.91. The fourth-order valence-corrected chi connectivity index (χ4v) is 1.74. The van der Waals surface area contributed by atoms with Crippen molar-refractivity contribution in [1.82, 2.24) is 10.7 Å². The van der Waals surface area contributed by atoms with E-state index in [-0.39, 0.29) is 17.5 Å². The van der Waals surface area contributed by atoms with Gasteiger partial charge in [-0.2, -0.15) is 5.10 Å². The van der Waals surface area contributed by atoms with Crippen LogP contribution in [0.15, 0.2) is 29.4 Å². The van der Waals surface area contributed by atoms with E-state index in [1.165, 1.54) is 30.5 Å². The molecule has 2 rings (SSSR count). The molecule has 1 heterocycles. The summed E-state index contributed by atoms with van der Waals surface area (Å²) in [7, 11) is 0. The van der Waals surface area contributed by atoms with Crippen LogP contribution in [0.25, 0.3) is 0 Å². The number of rotatable bonds is 4. The lowest BCUT2D eigenvalue weighted by atomic mass is 10.2. The molecular weight excluding hydrogens is 264 g/mol. The Kier molecular flexibility index (Phi) is 4.04. The second-order valence-corrected chi connectivity index (χ2v) is 4.24. The van der Waals surface area contributed by atoms with E-state index in [0.717, 1.165) is 0 Å². The number of hydrazone groups is 1. The molecular formula is C12H12N4O4. The number of carbonyl (C=O) groups is 2. The Balaban J connectivity index is 1.88. The summed E-state index contributed by atoms with van der Waals surface area (Å²) in [6.45, 7) is 0. The van der Waals surface area contributed by atoms with Crippen molar-refractivity contribution in [3.8, 4) is 0 Å². The predicted molar refractivity (Wildman–Crippen MR) is 70.0 cm³/mol. The molecule has 0 saturated carbocycles. The number of nitro benzene ring substituents is 1. The molecule has 8 heteroatoms. The van der Waals surface area contributed by atoms with E-state index in [9.17, 15) is 19.7 Å². The van der Waals surface area contributed by atoms with Crippen LogP contribution in [0.4, 0.5) is 5.69 Å². The van der Waals surface area contributed by atoms with Gasteiger partial charge < -0.3 is 5.32 Å². The minimum atomic E-state index is -0.545. The lowest BCUT2D eigenvalue weighted by Crippen LogP contribution is -2.39. The van der Waals surface area contributed by atoms with Gasteiger partial charge >= 0.3 is 0 Å². The zero-order chi connectivity index (χ0) is 14.5. The van der Waals surface area contributed by atoms with Gasteiger partial charge in [0.25, 0.3) is 11.6 Å². The number of benzene rings is 1. The maximum Gasteiger partial charge on any atom is 0.269 e. The van der Waals surface area contributed by atoms with Crippen LogP contribution in [0.3, 0.4) is 0 Å². The minimum absolute atomic E-state index is 0.0140. The summed E-state index contributed by atoms with van der Waals surface area (Å²) in [5.74, 6) is -0.529. The van der Waals surface area contributed by atoms with Gasteiger partial charge in [0, 0.05) is 18.6 Å². The van der Waals surface area contributed by atoms with Gasteiger partial charge in [-0.1, -0.05) is 0 Å². The SMILES string of the molecule is O=C1CC[C@@H](C(=O)N/N=C/c2ccc([N+](=O)[O-])cc2)N1. The van der Waals surface area contributed by atoms with E-state index in [1.54, 1.807) is 0 Å². The molecule has 2 N–H and O–H groups in total. The van der Waals surface area contributed by atoms with Gasteiger partial charge in [-0.15, -0.1) is 0 Å². The first-order valence-corrected chi connectivity index (χ1v) is 5.93. The normalized spacial score (nSPS) is 18.0. The number of carbonyl (C=O) groups excluding carboxylic acids is 2. The molecule has 0 aliphatic carbocycles. The van der Waals surface area contributed by atoms with Crippen molar-refractivity contribution in [2.75, 3.05) is 0 Å². The average Bonchev–Trinajstić information content (AvgIpc) is 2.86. The second kappa shape index (κ2) is 5.91. The monoisotopic (exact) mass is 276 g/mol. The van der Waals surface area contributed by atoms with E-state index in [2.05, 4.69) is 15.8 Å². The fraction of sp³-hybridized carbons (Fsp3) is 0.250. The summed E-state index contributed by atoms with van der Waals surface area (Å²) in [6.07, 6.45) is 2.17. The number of hydrogen-bond acceptors (Lipinski definition) is 5. The smallest absolute Gasteiger partial charge is 0.269 e. The Morgan fingerprint density at radius 3 is 2.70 bits per heavy atom. The van der Waals surface area contributed by atoms with Gasteiger partial charge in [-0.3, -0.25) is 19.7 Å². The molecule has 20 heavy (non-hydrogen) atoms. The van der Waals surface area contributed by atoms with Crippen LogP contribution < -0.4 is 10.7 Å². The maximum absolute atomic E-state index is 11.6. The third-order valence-corrected chi connectivity index (χ3v) is 2.80. The quantitative estimate of drug-likeness (QED) is 0.468. The molecule has 8 nitrogen and oxygen atoms in total. The molecule has 1 aromatic rings. The fourth-order valence-electron chi connectivity index (χ4n) is 1.74. The van der Waals surface area contributed by atoms with Gasteiger partial charge in [0.05, 0.1) is 11.1 Å². The molecule has 0 unspecified atom stereocenters. The molecule has 1 fully saturated rings. The molecule has 0 bridgehead atoms. The number of amides is 2. The first-order chi connectivity index (χ1) is 9.56. The summed E-state index contributed by atoms with van der Waals surface area (Å²) >= 11 is 0. The molecule has 104 valence electrons. The second-order valence-electron chi connectivity index (χ2n) is 4.24. The lowest BCUT2D eigenvalue weighted by Gasteiger charge is -2.06. The van der Waals surface area contributed by atoms with Gasteiger partial charge in [-0.25, -0.2) is 5.43 Å². The summed E-state index contributed by atoms with van der Waals surface area (Å²) < 4.78 is 0. The highest BCUT2D eigenvalue weighted by Gasteiger charge is 2.26. The van der Waals surface area contributed by atoms with Gasteiger partial charge in [0.15, 0.2) is 0 Å². The predicted octanol–water partition coefficient (Wildman–Crippen LogP) is 0.323. The standard InChI is InChI=1S/C12H12N4O4/c17-11-6-5-10(14-11)12(18)15-13-7-8-1-3-9(4-2-8)16(19)20/h1-4,7,10H,5-6H2,(H,14,17)(H,15,18)/b13-7+/t10-/m0/s1. The van der Waals surface area contributed by atoms with E-state index in [1.807, 2.05) is 0 Å². The topological polar surface area (TPSA) is 114 Å². The Hall–Kier alpha value is -2.77. The Morgan fingerprint density at radius 1 is 1.45 bits per heavy atom. The largest absolute Gasteiger partial charge is 0.344 e. The number of nitrogens with one attached hydrogen (secondary N) is 2. The van der Waals surface area contributed by atoms with Crippen LogP contribution in [0.1, 0.15) is 18.4 Å². The number of non-ortho nitro benzene ring substituents is 1. The van der Waals surface area contributed by atoms with Crippen molar-refractivity contribution < 1.29 is 14.5 Å². The first kappa shape index (κ1) is 13.7. The van der Waals surface area contributed by atoms with Crippen molar-refractivity contribution >= 4 is 23.7 Å². The average molecular weight is 276 g/mol. The Morgan fingerprint density at radius 2 is 2.15 bits per heavy atom. The Bertz CT molecular complexity index is 567. The molecule has 1 aromatic carbocycles. The van der Waals surface area contributed by atoms with Crippen LogP contribution >= 0.6 is 0 Å². The first-order valence-electron chi connectivity index (χ1n) is 5.93. The molecule has 2 amide bonds. The molecule has 1 aliphatic rings. The summed E-state index contributed by atoms with van der Waals surface area (Å²) in [4.78, 5) is 32.5. The van der Waals surface area contributed by atoms with Gasteiger partial charge in [-0.05, 0) is 24.1 Å². The van der Waals surface area contributed by atoms with Crippen LogP contribution in [0.5, 0.6) is 0 Å². The van der Waals surface area contributed by atoms with Crippen LogP contribution in [0.2, 0.25) is 0 Å². The molecule has 1 atom stereocenters. The summed E-state index contributed by atoms with van der Waals surface area (Å²) in [5.41, 5.74) is 2.92. The number of nitrogens with zero attached hydrogens (tertiary/aromatic N) is 2. The van der Waals surface area contributed by atoms with Crippen LogP contribution in [0, 0.1) is 10.1 Å². The van der Waals surface area contributed by atoms with Crippen molar-refractivity contribution in [2.24, 2.45) is 5.10 Å². The third-order valence-electron chi connectivity index (χ3n) is 2.80.